The first-order valence-corrected chi connectivity index (χ1v) is 6.57. The van der Waals surface area contributed by atoms with E-state index < -0.39 is 0 Å². The summed E-state index contributed by atoms with van der Waals surface area (Å²) in [6.07, 6.45) is 2.85. The molecule has 0 aliphatic heterocycles. The summed E-state index contributed by atoms with van der Waals surface area (Å²) in [5.74, 6) is 0.179. The molecule has 1 aromatic carbocycles. The highest BCUT2D eigenvalue weighted by Crippen LogP contribution is 2.12. The number of hydrogen-bond acceptors (Lipinski definition) is 3. The van der Waals surface area contributed by atoms with Crippen LogP contribution in [0.25, 0.3) is 0 Å². The summed E-state index contributed by atoms with van der Waals surface area (Å²) in [4.78, 5) is 11.4. The molecule has 0 radical (unpaired) electrons. The Kier molecular flexibility index (Phi) is 10.7. The Bertz CT molecular complexity index is 391. The van der Waals surface area contributed by atoms with Crippen LogP contribution in [0.1, 0.15) is 25.7 Å². The summed E-state index contributed by atoms with van der Waals surface area (Å²) >= 11 is 0. The van der Waals surface area contributed by atoms with Crippen LogP contribution in [0, 0.1) is 5.82 Å². The maximum Gasteiger partial charge on any atom is 0.220 e. The Morgan fingerprint density at radius 1 is 1.30 bits per heavy atom. The van der Waals surface area contributed by atoms with Crippen LogP contribution in [-0.4, -0.2) is 25.6 Å². The van der Waals surface area contributed by atoms with E-state index in [0.717, 1.165) is 12.8 Å². The van der Waals surface area contributed by atoms with E-state index in [1.54, 1.807) is 12.1 Å². The second-order valence-electron chi connectivity index (χ2n) is 4.26. The minimum atomic E-state index is -0.324. The van der Waals surface area contributed by atoms with E-state index in [1.807, 2.05) is 0 Å². The van der Waals surface area contributed by atoms with Crippen LogP contribution in [0.5, 0.6) is 5.75 Å². The lowest BCUT2D eigenvalue weighted by atomic mass is 10.3. The lowest BCUT2D eigenvalue weighted by Gasteiger charge is -2.07. The molecule has 0 aliphatic carbocycles. The lowest BCUT2D eigenvalue weighted by Crippen LogP contribution is -2.25. The van der Waals surface area contributed by atoms with Gasteiger partial charge in [0.25, 0.3) is 0 Å². The lowest BCUT2D eigenvalue weighted by molar-refractivity contribution is -0.121. The van der Waals surface area contributed by atoms with Crippen molar-refractivity contribution in [2.75, 3.05) is 19.7 Å². The average molecular weight is 305 g/mol. The molecule has 114 valence electrons. The van der Waals surface area contributed by atoms with Crippen LogP contribution in [0.3, 0.4) is 0 Å². The number of nitrogens with one attached hydrogen (secondary N) is 1. The largest absolute Gasteiger partial charge is 0.493 e. The monoisotopic (exact) mass is 304 g/mol. The summed E-state index contributed by atoms with van der Waals surface area (Å²) in [5, 5.41) is 2.82. The van der Waals surface area contributed by atoms with Crippen LogP contribution in [-0.2, 0) is 4.79 Å². The molecule has 0 aromatic heterocycles. The summed E-state index contributed by atoms with van der Waals surface area (Å²) in [6, 6.07) is 5.97. The minimum Gasteiger partial charge on any atom is -0.493 e. The van der Waals surface area contributed by atoms with E-state index in [4.69, 9.17) is 10.5 Å². The normalized spacial score (nSPS) is 9.70. The van der Waals surface area contributed by atoms with E-state index in [2.05, 4.69) is 5.32 Å². The number of carbonyl (C=O) groups is 1. The van der Waals surface area contributed by atoms with Crippen molar-refractivity contribution in [2.45, 2.75) is 25.7 Å². The van der Waals surface area contributed by atoms with Gasteiger partial charge >= 0.3 is 0 Å². The molecule has 0 heterocycles. The number of ether oxygens (including phenoxy) is 1. The Labute approximate surface area is 125 Å². The van der Waals surface area contributed by atoms with Gasteiger partial charge in [-0.05, 0) is 37.9 Å². The Balaban J connectivity index is 0.00000361. The van der Waals surface area contributed by atoms with Gasteiger partial charge in [-0.25, -0.2) is 4.39 Å². The van der Waals surface area contributed by atoms with Crippen LogP contribution < -0.4 is 15.8 Å². The predicted octanol–water partition coefficient (Wildman–Crippen LogP) is 2.26. The van der Waals surface area contributed by atoms with Gasteiger partial charge in [-0.15, -0.1) is 12.4 Å². The number of nitrogens with two attached hydrogens (primary N) is 1. The molecule has 1 amide bonds. The molecule has 0 saturated carbocycles. The number of rotatable bonds is 9. The van der Waals surface area contributed by atoms with Crippen molar-refractivity contribution in [2.24, 2.45) is 5.73 Å². The zero-order chi connectivity index (χ0) is 13.9. The SMILES string of the molecule is Cl.NCCCCNC(=O)CCCOc1cccc(F)c1. The molecule has 0 fully saturated rings. The van der Waals surface area contributed by atoms with Gasteiger partial charge in [0.1, 0.15) is 11.6 Å². The third-order valence-electron chi connectivity index (χ3n) is 2.57. The molecule has 0 spiro atoms. The maximum atomic E-state index is 12.9. The predicted molar refractivity (Wildman–Crippen MR) is 79.7 cm³/mol. The second-order valence-corrected chi connectivity index (χ2v) is 4.26. The smallest absolute Gasteiger partial charge is 0.220 e. The first kappa shape index (κ1) is 18.7. The molecular formula is C14H22ClFN2O2. The molecule has 4 nitrogen and oxygen atoms in total. The molecule has 0 atom stereocenters. The van der Waals surface area contributed by atoms with Crippen molar-refractivity contribution in [3.63, 3.8) is 0 Å². The van der Waals surface area contributed by atoms with Gasteiger partial charge in [0.05, 0.1) is 6.61 Å². The topological polar surface area (TPSA) is 64.3 Å². The Hall–Kier alpha value is -1.33. The zero-order valence-corrected chi connectivity index (χ0v) is 12.3. The highest BCUT2D eigenvalue weighted by Gasteiger charge is 2.01. The van der Waals surface area contributed by atoms with Gasteiger partial charge in [0.15, 0.2) is 0 Å². The van der Waals surface area contributed by atoms with E-state index in [1.165, 1.54) is 12.1 Å². The summed E-state index contributed by atoms with van der Waals surface area (Å²) < 4.78 is 18.2. The molecule has 0 unspecified atom stereocenters. The molecule has 20 heavy (non-hydrogen) atoms. The van der Waals surface area contributed by atoms with Gasteiger partial charge in [0, 0.05) is 19.0 Å². The third kappa shape index (κ3) is 8.72. The number of benzene rings is 1. The summed E-state index contributed by atoms with van der Waals surface area (Å²) in [6.45, 7) is 1.72. The number of hydrogen-bond donors (Lipinski definition) is 2. The first-order chi connectivity index (χ1) is 9.22. The highest BCUT2D eigenvalue weighted by molar-refractivity contribution is 5.85. The quantitative estimate of drug-likeness (QED) is 0.688. The van der Waals surface area contributed by atoms with Crippen molar-refractivity contribution in [1.82, 2.24) is 5.32 Å². The average Bonchev–Trinajstić information content (AvgIpc) is 2.40. The molecule has 0 saturated heterocycles. The number of amides is 1. The molecule has 0 bridgehead atoms. The van der Waals surface area contributed by atoms with Crippen molar-refractivity contribution < 1.29 is 13.9 Å². The molecule has 1 aromatic rings. The standard InChI is InChI=1S/C14H21FN2O2.ClH/c15-12-5-3-6-13(11-12)19-10-4-7-14(18)17-9-2-1-8-16;/h3,5-6,11H,1-2,4,7-10,16H2,(H,17,18);1H. The molecule has 1 rings (SSSR count). The van der Waals surface area contributed by atoms with Crippen LogP contribution in [0.15, 0.2) is 24.3 Å². The van der Waals surface area contributed by atoms with Gasteiger partial charge in [-0.3, -0.25) is 4.79 Å². The first-order valence-electron chi connectivity index (χ1n) is 6.57. The second kappa shape index (κ2) is 11.5. The third-order valence-corrected chi connectivity index (χ3v) is 2.57. The van der Waals surface area contributed by atoms with E-state index in [-0.39, 0.29) is 24.1 Å². The van der Waals surface area contributed by atoms with E-state index >= 15 is 0 Å². The zero-order valence-electron chi connectivity index (χ0n) is 11.4. The van der Waals surface area contributed by atoms with Crippen molar-refractivity contribution in [3.8, 4) is 5.75 Å². The fourth-order valence-electron chi connectivity index (χ4n) is 1.57. The van der Waals surface area contributed by atoms with Crippen molar-refractivity contribution in [1.29, 1.82) is 0 Å². The minimum absolute atomic E-state index is 0. The molecular weight excluding hydrogens is 283 g/mol. The van der Waals surface area contributed by atoms with Crippen molar-refractivity contribution in [3.05, 3.63) is 30.1 Å². The summed E-state index contributed by atoms with van der Waals surface area (Å²) in [5.41, 5.74) is 5.35. The number of halogens is 2. The van der Waals surface area contributed by atoms with Gasteiger partial charge in [-0.1, -0.05) is 6.07 Å². The van der Waals surface area contributed by atoms with Crippen molar-refractivity contribution >= 4 is 18.3 Å². The van der Waals surface area contributed by atoms with Gasteiger partial charge < -0.3 is 15.8 Å². The fourth-order valence-corrected chi connectivity index (χ4v) is 1.57. The van der Waals surface area contributed by atoms with Crippen LogP contribution >= 0.6 is 12.4 Å². The number of unbranched alkanes of at least 4 members (excludes halogenated alkanes) is 1. The van der Waals surface area contributed by atoms with Crippen LogP contribution in [0.4, 0.5) is 4.39 Å². The summed E-state index contributed by atoms with van der Waals surface area (Å²) in [7, 11) is 0. The Morgan fingerprint density at radius 2 is 2.10 bits per heavy atom. The van der Waals surface area contributed by atoms with Gasteiger partial charge in [-0.2, -0.15) is 0 Å². The number of carbonyl (C=O) groups excluding carboxylic acids is 1. The molecule has 0 aliphatic rings. The van der Waals surface area contributed by atoms with Crippen LogP contribution in [0.2, 0.25) is 0 Å². The highest BCUT2D eigenvalue weighted by atomic mass is 35.5. The van der Waals surface area contributed by atoms with E-state index in [9.17, 15) is 9.18 Å². The maximum absolute atomic E-state index is 12.9. The van der Waals surface area contributed by atoms with Gasteiger partial charge in [0.2, 0.25) is 5.91 Å². The molecule has 3 N–H and O–H groups in total. The fraction of sp³-hybridized carbons (Fsp3) is 0.500. The van der Waals surface area contributed by atoms with E-state index in [0.29, 0.717) is 38.3 Å². The molecule has 6 heteroatoms. The Morgan fingerprint density at radius 3 is 2.80 bits per heavy atom.